The van der Waals surface area contributed by atoms with Crippen LogP contribution in [0.1, 0.15) is 11.1 Å². The predicted octanol–water partition coefficient (Wildman–Crippen LogP) is 4.22. The maximum Gasteiger partial charge on any atom is 0.224 e. The van der Waals surface area contributed by atoms with Crippen molar-refractivity contribution in [3.05, 3.63) is 66.0 Å². The van der Waals surface area contributed by atoms with E-state index in [4.69, 9.17) is 9.47 Å². The Balaban J connectivity index is 1.45. The average Bonchev–Trinajstić information content (AvgIpc) is 2.76. The van der Waals surface area contributed by atoms with Gasteiger partial charge in [0.2, 0.25) is 5.88 Å². The van der Waals surface area contributed by atoms with Crippen LogP contribution in [0.3, 0.4) is 0 Å². The molecule has 4 rings (SSSR count). The van der Waals surface area contributed by atoms with Crippen molar-refractivity contribution in [3.63, 3.8) is 0 Å². The van der Waals surface area contributed by atoms with Crippen LogP contribution in [-0.4, -0.2) is 43.3 Å². The standard InChI is InChI=1S/C23H26N4O2/c1-17-8-9-18(2)19(14-17)26-10-12-27(13-11-26)22-15-23(25-16-24-22)29-21-7-5-4-6-20(21)28-3/h4-9,14-16H,10-13H2,1-3H3. The maximum atomic E-state index is 5.94. The van der Waals surface area contributed by atoms with E-state index in [1.54, 1.807) is 13.4 Å². The van der Waals surface area contributed by atoms with Crippen molar-refractivity contribution in [2.75, 3.05) is 43.1 Å². The molecule has 1 aliphatic rings. The smallest absolute Gasteiger partial charge is 0.224 e. The molecule has 0 atom stereocenters. The van der Waals surface area contributed by atoms with Crippen molar-refractivity contribution in [1.29, 1.82) is 0 Å². The molecule has 0 unspecified atom stereocenters. The summed E-state index contributed by atoms with van der Waals surface area (Å²) in [6.45, 7) is 8.03. The highest BCUT2D eigenvalue weighted by molar-refractivity contribution is 5.56. The topological polar surface area (TPSA) is 50.7 Å². The largest absolute Gasteiger partial charge is 0.493 e. The van der Waals surface area contributed by atoms with Gasteiger partial charge in [-0.2, -0.15) is 0 Å². The SMILES string of the molecule is COc1ccccc1Oc1cc(N2CCN(c3cc(C)ccc3C)CC2)ncn1. The summed E-state index contributed by atoms with van der Waals surface area (Å²) in [7, 11) is 1.63. The van der Waals surface area contributed by atoms with Gasteiger partial charge in [-0.1, -0.05) is 24.3 Å². The molecule has 0 N–H and O–H groups in total. The fourth-order valence-corrected chi connectivity index (χ4v) is 3.61. The molecular weight excluding hydrogens is 364 g/mol. The molecule has 150 valence electrons. The molecule has 1 fully saturated rings. The Morgan fingerprint density at radius 3 is 2.31 bits per heavy atom. The number of aromatic nitrogens is 2. The van der Waals surface area contributed by atoms with Gasteiger partial charge in [0.15, 0.2) is 11.5 Å². The molecule has 6 heteroatoms. The lowest BCUT2D eigenvalue weighted by atomic mass is 10.1. The molecule has 2 heterocycles. The Morgan fingerprint density at radius 2 is 1.55 bits per heavy atom. The van der Waals surface area contributed by atoms with E-state index >= 15 is 0 Å². The van der Waals surface area contributed by atoms with E-state index in [9.17, 15) is 0 Å². The van der Waals surface area contributed by atoms with Gasteiger partial charge in [0.25, 0.3) is 0 Å². The van der Waals surface area contributed by atoms with E-state index in [1.165, 1.54) is 16.8 Å². The molecular formula is C23H26N4O2. The lowest BCUT2D eigenvalue weighted by molar-refractivity contribution is 0.374. The molecule has 2 aromatic carbocycles. The van der Waals surface area contributed by atoms with Gasteiger partial charge in [0.1, 0.15) is 12.1 Å². The normalized spacial score (nSPS) is 14.0. The number of ether oxygens (including phenoxy) is 2. The lowest BCUT2D eigenvalue weighted by Gasteiger charge is -2.37. The van der Waals surface area contributed by atoms with Crippen molar-refractivity contribution in [2.24, 2.45) is 0 Å². The van der Waals surface area contributed by atoms with E-state index in [0.717, 1.165) is 32.0 Å². The summed E-state index contributed by atoms with van der Waals surface area (Å²) in [6.07, 6.45) is 1.55. The zero-order valence-electron chi connectivity index (χ0n) is 17.1. The highest BCUT2D eigenvalue weighted by atomic mass is 16.5. The Kier molecular flexibility index (Phi) is 5.51. The Bertz CT molecular complexity index is 984. The second-order valence-electron chi connectivity index (χ2n) is 7.23. The highest BCUT2D eigenvalue weighted by Crippen LogP contribution is 2.31. The number of aryl methyl sites for hydroxylation is 2. The van der Waals surface area contributed by atoms with E-state index in [1.807, 2.05) is 30.3 Å². The van der Waals surface area contributed by atoms with Crippen molar-refractivity contribution >= 4 is 11.5 Å². The number of piperazine rings is 1. The van der Waals surface area contributed by atoms with Gasteiger partial charge in [-0.3, -0.25) is 0 Å². The van der Waals surface area contributed by atoms with Crippen molar-refractivity contribution in [1.82, 2.24) is 9.97 Å². The minimum absolute atomic E-state index is 0.511. The summed E-state index contributed by atoms with van der Waals surface area (Å²) in [5, 5.41) is 0. The second kappa shape index (κ2) is 8.39. The van der Waals surface area contributed by atoms with Crippen LogP contribution in [0, 0.1) is 13.8 Å². The summed E-state index contributed by atoms with van der Waals surface area (Å²) in [5.41, 5.74) is 3.94. The summed E-state index contributed by atoms with van der Waals surface area (Å²) < 4.78 is 11.3. The fraction of sp³-hybridized carbons (Fsp3) is 0.304. The fourth-order valence-electron chi connectivity index (χ4n) is 3.61. The molecule has 29 heavy (non-hydrogen) atoms. The molecule has 0 bridgehead atoms. The van der Waals surface area contributed by atoms with Gasteiger partial charge in [-0.15, -0.1) is 0 Å². The zero-order valence-corrected chi connectivity index (χ0v) is 17.1. The first-order valence-corrected chi connectivity index (χ1v) is 9.84. The molecule has 3 aromatic rings. The van der Waals surface area contributed by atoms with Crippen molar-refractivity contribution in [3.8, 4) is 17.4 Å². The van der Waals surface area contributed by atoms with Gasteiger partial charge in [-0.05, 0) is 43.2 Å². The third-order valence-corrected chi connectivity index (χ3v) is 5.22. The Labute approximate surface area is 171 Å². The summed E-state index contributed by atoms with van der Waals surface area (Å²) >= 11 is 0. The Morgan fingerprint density at radius 1 is 0.828 bits per heavy atom. The molecule has 0 amide bonds. The van der Waals surface area contributed by atoms with Crippen LogP contribution >= 0.6 is 0 Å². The van der Waals surface area contributed by atoms with Crippen molar-refractivity contribution in [2.45, 2.75) is 13.8 Å². The molecule has 1 aromatic heterocycles. The number of para-hydroxylation sites is 2. The molecule has 1 saturated heterocycles. The number of hydrogen-bond donors (Lipinski definition) is 0. The van der Waals surface area contributed by atoms with Crippen LogP contribution < -0.4 is 19.3 Å². The van der Waals surface area contributed by atoms with E-state index < -0.39 is 0 Å². The van der Waals surface area contributed by atoms with Gasteiger partial charge in [-0.25, -0.2) is 9.97 Å². The molecule has 0 saturated carbocycles. The minimum Gasteiger partial charge on any atom is -0.493 e. The third-order valence-electron chi connectivity index (χ3n) is 5.22. The number of benzene rings is 2. The summed E-state index contributed by atoms with van der Waals surface area (Å²) in [6, 6.07) is 16.1. The van der Waals surface area contributed by atoms with Gasteiger partial charge in [0.05, 0.1) is 7.11 Å². The number of methoxy groups -OCH3 is 1. The van der Waals surface area contributed by atoms with E-state index in [2.05, 4.69) is 51.8 Å². The van der Waals surface area contributed by atoms with Gasteiger partial charge in [0, 0.05) is 37.9 Å². The first-order chi connectivity index (χ1) is 14.1. The number of hydrogen-bond acceptors (Lipinski definition) is 6. The number of nitrogens with zero attached hydrogens (tertiary/aromatic N) is 4. The van der Waals surface area contributed by atoms with Crippen LogP contribution in [-0.2, 0) is 0 Å². The number of rotatable bonds is 5. The second-order valence-corrected chi connectivity index (χ2v) is 7.23. The van der Waals surface area contributed by atoms with Crippen LogP contribution in [0.25, 0.3) is 0 Å². The third kappa shape index (κ3) is 4.26. The first-order valence-electron chi connectivity index (χ1n) is 9.84. The summed E-state index contributed by atoms with van der Waals surface area (Å²) in [5.74, 6) is 2.70. The van der Waals surface area contributed by atoms with Crippen LogP contribution in [0.4, 0.5) is 11.5 Å². The van der Waals surface area contributed by atoms with Gasteiger partial charge >= 0.3 is 0 Å². The lowest BCUT2D eigenvalue weighted by Crippen LogP contribution is -2.47. The quantitative estimate of drug-likeness (QED) is 0.650. The molecule has 1 aliphatic heterocycles. The monoisotopic (exact) mass is 390 g/mol. The van der Waals surface area contributed by atoms with Crippen molar-refractivity contribution < 1.29 is 9.47 Å². The highest BCUT2D eigenvalue weighted by Gasteiger charge is 2.20. The molecule has 0 radical (unpaired) electrons. The molecule has 0 spiro atoms. The maximum absolute atomic E-state index is 5.94. The first kappa shape index (κ1) is 19.1. The predicted molar refractivity (Wildman–Crippen MR) is 115 cm³/mol. The summed E-state index contributed by atoms with van der Waals surface area (Å²) in [4.78, 5) is 13.5. The molecule has 0 aliphatic carbocycles. The van der Waals surface area contributed by atoms with Crippen LogP contribution in [0.2, 0.25) is 0 Å². The van der Waals surface area contributed by atoms with Crippen LogP contribution in [0.15, 0.2) is 54.9 Å². The molecule has 6 nitrogen and oxygen atoms in total. The van der Waals surface area contributed by atoms with E-state index in [0.29, 0.717) is 17.4 Å². The minimum atomic E-state index is 0.511. The Hall–Kier alpha value is -3.28. The zero-order chi connectivity index (χ0) is 20.2. The average molecular weight is 390 g/mol. The van der Waals surface area contributed by atoms with E-state index in [-0.39, 0.29) is 0 Å². The van der Waals surface area contributed by atoms with Crippen LogP contribution in [0.5, 0.6) is 17.4 Å². The van der Waals surface area contributed by atoms with Gasteiger partial charge < -0.3 is 19.3 Å². The number of anilines is 2.